The van der Waals surface area contributed by atoms with E-state index in [1.807, 2.05) is 0 Å². The standard InChI is InChI=1S/C30H58O10/c1-7-11-15-33-21-24-26(34-16-12-8-2)27(35-17-13-9-3)28(36-18-14-10-4)29(38-24)37-20-22(32)25-23(19-31)39-30(5,6)40-25/h22-29,31-32H,7-21H2,1-6H3/t22-,23-,24?,25+,26?,27?,28?,29?/m1/s1. The zero-order chi connectivity index (χ0) is 29.4. The predicted molar refractivity (Wildman–Crippen MR) is 151 cm³/mol. The molecule has 0 aromatic carbocycles. The second-order valence-electron chi connectivity index (χ2n) is 11.3. The van der Waals surface area contributed by atoms with Crippen molar-refractivity contribution in [2.45, 2.75) is 148 Å². The number of rotatable bonds is 22. The Balaban J connectivity index is 2.24. The summed E-state index contributed by atoms with van der Waals surface area (Å²) in [6.07, 6.45) is 2.71. The summed E-state index contributed by atoms with van der Waals surface area (Å²) in [5, 5.41) is 20.8. The zero-order valence-electron chi connectivity index (χ0n) is 25.9. The third kappa shape index (κ3) is 11.7. The van der Waals surface area contributed by atoms with Gasteiger partial charge >= 0.3 is 0 Å². The lowest BCUT2D eigenvalue weighted by molar-refractivity contribution is -0.327. The molecule has 2 rings (SSSR count). The molecule has 2 N–H and O–H groups in total. The highest BCUT2D eigenvalue weighted by molar-refractivity contribution is 4.94. The van der Waals surface area contributed by atoms with Gasteiger partial charge in [-0.15, -0.1) is 0 Å². The van der Waals surface area contributed by atoms with E-state index in [1.165, 1.54) is 0 Å². The number of aliphatic hydroxyl groups is 2. The van der Waals surface area contributed by atoms with Crippen LogP contribution in [-0.4, -0.2) is 111 Å². The zero-order valence-corrected chi connectivity index (χ0v) is 25.9. The molecule has 0 saturated carbocycles. The SMILES string of the molecule is CCCCOCC1OC(OC[C@@H](O)[C@@H]2OC(C)(C)O[C@@H]2CO)C(OCCCC)C(OCCCC)C1OCCCC. The van der Waals surface area contributed by atoms with Gasteiger partial charge in [0.15, 0.2) is 12.1 Å². The normalized spacial score (nSPS) is 31.1. The molecule has 40 heavy (non-hydrogen) atoms. The minimum atomic E-state index is -1.05. The van der Waals surface area contributed by atoms with Crippen LogP contribution in [0.3, 0.4) is 0 Å². The molecule has 0 spiro atoms. The molecular weight excluding hydrogens is 520 g/mol. The molecule has 0 aliphatic carbocycles. The number of aliphatic hydroxyl groups excluding tert-OH is 2. The maximum Gasteiger partial charge on any atom is 0.187 e. The van der Waals surface area contributed by atoms with Crippen LogP contribution in [0.25, 0.3) is 0 Å². The molecule has 0 bridgehead atoms. The third-order valence-corrected chi connectivity index (χ3v) is 7.15. The number of hydrogen-bond donors (Lipinski definition) is 2. The average molecular weight is 579 g/mol. The predicted octanol–water partition coefficient (Wildman–Crippen LogP) is 3.97. The fraction of sp³-hybridized carbons (Fsp3) is 1.00. The summed E-state index contributed by atoms with van der Waals surface area (Å²) >= 11 is 0. The summed E-state index contributed by atoms with van der Waals surface area (Å²) < 4.78 is 49.5. The Morgan fingerprint density at radius 2 is 1.25 bits per heavy atom. The molecule has 2 heterocycles. The van der Waals surface area contributed by atoms with E-state index in [-0.39, 0.29) is 19.3 Å². The first-order valence-corrected chi connectivity index (χ1v) is 15.7. The van der Waals surface area contributed by atoms with E-state index in [1.54, 1.807) is 13.8 Å². The fourth-order valence-corrected chi connectivity index (χ4v) is 4.87. The van der Waals surface area contributed by atoms with Crippen molar-refractivity contribution in [1.29, 1.82) is 0 Å². The van der Waals surface area contributed by atoms with Crippen molar-refractivity contribution in [3.63, 3.8) is 0 Å². The van der Waals surface area contributed by atoms with Gasteiger partial charge in [-0.05, 0) is 39.5 Å². The lowest BCUT2D eigenvalue weighted by Gasteiger charge is -2.46. The molecule has 2 saturated heterocycles. The first kappa shape index (κ1) is 35.8. The van der Waals surface area contributed by atoms with Crippen molar-refractivity contribution in [2.24, 2.45) is 0 Å². The molecule has 10 nitrogen and oxygen atoms in total. The second kappa shape index (κ2) is 19.7. The molecule has 2 fully saturated rings. The molecule has 10 heteroatoms. The van der Waals surface area contributed by atoms with Crippen LogP contribution in [0.2, 0.25) is 0 Å². The van der Waals surface area contributed by atoms with Crippen molar-refractivity contribution >= 4 is 0 Å². The average Bonchev–Trinajstić information content (AvgIpc) is 3.26. The van der Waals surface area contributed by atoms with Crippen LogP contribution in [-0.2, 0) is 37.9 Å². The van der Waals surface area contributed by atoms with Crippen LogP contribution in [0, 0.1) is 0 Å². The molecule has 8 atom stereocenters. The first-order chi connectivity index (χ1) is 19.3. The van der Waals surface area contributed by atoms with Crippen LogP contribution in [0.1, 0.15) is 92.9 Å². The Morgan fingerprint density at radius 1 is 0.700 bits per heavy atom. The summed E-state index contributed by atoms with van der Waals surface area (Å²) in [5.41, 5.74) is 0. The number of unbranched alkanes of at least 4 members (excludes halogenated alkanes) is 4. The molecular formula is C30H58O10. The van der Waals surface area contributed by atoms with Crippen molar-refractivity contribution in [3.05, 3.63) is 0 Å². The summed E-state index contributed by atoms with van der Waals surface area (Å²) in [6, 6.07) is 0. The van der Waals surface area contributed by atoms with E-state index in [2.05, 4.69) is 27.7 Å². The summed E-state index contributed by atoms with van der Waals surface area (Å²) in [5.74, 6) is -0.908. The van der Waals surface area contributed by atoms with Crippen LogP contribution in [0.5, 0.6) is 0 Å². The molecule has 0 radical (unpaired) electrons. The van der Waals surface area contributed by atoms with Gasteiger partial charge in [-0.2, -0.15) is 0 Å². The quantitative estimate of drug-likeness (QED) is 0.183. The van der Waals surface area contributed by atoms with Gasteiger partial charge in [-0.1, -0.05) is 53.4 Å². The molecule has 238 valence electrons. The summed E-state index contributed by atoms with van der Waals surface area (Å²) in [6.45, 7) is 14.3. The van der Waals surface area contributed by atoms with Gasteiger partial charge in [0, 0.05) is 26.4 Å². The van der Waals surface area contributed by atoms with Gasteiger partial charge in [0.25, 0.3) is 0 Å². The molecule has 2 aliphatic rings. The monoisotopic (exact) mass is 578 g/mol. The highest BCUT2D eigenvalue weighted by atomic mass is 16.8. The van der Waals surface area contributed by atoms with Gasteiger partial charge in [0.05, 0.1) is 19.8 Å². The van der Waals surface area contributed by atoms with Gasteiger partial charge < -0.3 is 48.1 Å². The van der Waals surface area contributed by atoms with Gasteiger partial charge in [0.2, 0.25) is 0 Å². The maximum absolute atomic E-state index is 11.0. The Bertz CT molecular complexity index is 636. The lowest BCUT2D eigenvalue weighted by Crippen LogP contribution is -2.62. The minimum absolute atomic E-state index is 0.0919. The molecule has 2 aliphatic heterocycles. The molecule has 0 aromatic rings. The van der Waals surface area contributed by atoms with Crippen LogP contribution in [0.15, 0.2) is 0 Å². The van der Waals surface area contributed by atoms with Crippen molar-refractivity contribution in [1.82, 2.24) is 0 Å². The summed E-state index contributed by atoms with van der Waals surface area (Å²) in [7, 11) is 0. The second-order valence-corrected chi connectivity index (χ2v) is 11.3. The van der Waals surface area contributed by atoms with Crippen molar-refractivity contribution in [3.8, 4) is 0 Å². The van der Waals surface area contributed by atoms with Crippen molar-refractivity contribution < 1.29 is 48.1 Å². The Labute approximate surface area is 242 Å². The Morgan fingerprint density at radius 3 is 1.82 bits per heavy atom. The highest BCUT2D eigenvalue weighted by Gasteiger charge is 2.50. The smallest absolute Gasteiger partial charge is 0.187 e. The topological polar surface area (TPSA) is 114 Å². The van der Waals surface area contributed by atoms with E-state index in [0.717, 1.165) is 51.4 Å². The molecule has 0 aromatic heterocycles. The van der Waals surface area contributed by atoms with Gasteiger partial charge in [-0.3, -0.25) is 0 Å². The molecule has 5 unspecified atom stereocenters. The van der Waals surface area contributed by atoms with E-state index in [4.69, 9.17) is 37.9 Å². The van der Waals surface area contributed by atoms with Crippen molar-refractivity contribution in [2.75, 3.05) is 46.2 Å². The lowest BCUT2D eigenvalue weighted by atomic mass is 9.98. The van der Waals surface area contributed by atoms with Crippen LogP contribution in [0.4, 0.5) is 0 Å². The van der Waals surface area contributed by atoms with E-state index >= 15 is 0 Å². The van der Waals surface area contributed by atoms with Crippen LogP contribution < -0.4 is 0 Å². The minimum Gasteiger partial charge on any atom is -0.394 e. The number of ether oxygens (including phenoxy) is 8. The highest BCUT2D eigenvalue weighted by Crippen LogP contribution is 2.32. The fourth-order valence-electron chi connectivity index (χ4n) is 4.87. The first-order valence-electron chi connectivity index (χ1n) is 15.7. The van der Waals surface area contributed by atoms with Gasteiger partial charge in [-0.25, -0.2) is 0 Å². The Hall–Kier alpha value is -0.400. The Kier molecular flexibility index (Phi) is 17.7. The van der Waals surface area contributed by atoms with Gasteiger partial charge in [0.1, 0.15) is 42.7 Å². The largest absolute Gasteiger partial charge is 0.394 e. The summed E-state index contributed by atoms with van der Waals surface area (Å²) in [4.78, 5) is 0. The maximum atomic E-state index is 11.0. The number of hydrogen-bond acceptors (Lipinski definition) is 10. The van der Waals surface area contributed by atoms with E-state index in [9.17, 15) is 10.2 Å². The third-order valence-electron chi connectivity index (χ3n) is 7.15. The molecule has 0 amide bonds. The van der Waals surface area contributed by atoms with E-state index < -0.39 is 48.7 Å². The van der Waals surface area contributed by atoms with Crippen LogP contribution >= 0.6 is 0 Å². The van der Waals surface area contributed by atoms with E-state index in [0.29, 0.717) is 33.0 Å².